The first-order valence-corrected chi connectivity index (χ1v) is 12.9. The summed E-state index contributed by atoms with van der Waals surface area (Å²) in [6.07, 6.45) is 3.99. The van der Waals surface area contributed by atoms with Gasteiger partial charge in [0.25, 0.3) is 0 Å². The van der Waals surface area contributed by atoms with E-state index >= 15 is 0 Å². The van der Waals surface area contributed by atoms with Crippen LogP contribution in [0.5, 0.6) is 17.2 Å². The molecular formula is C31H37NO3. The van der Waals surface area contributed by atoms with Crippen LogP contribution in [0.3, 0.4) is 0 Å². The SMILES string of the molecule is COc1ccc2c(c1)OC(C)(C)[C@@H](c1ccccc1)[C@@H]2c1ccc(OCCN2CCCCC2)cc1. The molecule has 2 aliphatic heterocycles. The van der Waals surface area contributed by atoms with E-state index in [1.165, 1.54) is 49.0 Å². The molecule has 0 aromatic heterocycles. The van der Waals surface area contributed by atoms with Gasteiger partial charge in [-0.25, -0.2) is 0 Å². The molecule has 0 bridgehead atoms. The topological polar surface area (TPSA) is 30.9 Å². The second-order valence-electron chi connectivity index (χ2n) is 10.3. The summed E-state index contributed by atoms with van der Waals surface area (Å²) in [5, 5.41) is 0. The molecule has 0 spiro atoms. The fraction of sp³-hybridized carbons (Fsp3) is 0.419. The van der Waals surface area contributed by atoms with Crippen LogP contribution < -0.4 is 14.2 Å². The van der Waals surface area contributed by atoms with Gasteiger partial charge in [0.2, 0.25) is 0 Å². The average Bonchev–Trinajstić information content (AvgIpc) is 2.88. The Labute approximate surface area is 209 Å². The maximum absolute atomic E-state index is 6.61. The molecule has 4 heteroatoms. The van der Waals surface area contributed by atoms with Gasteiger partial charge in [0, 0.05) is 30.0 Å². The minimum absolute atomic E-state index is 0.157. The van der Waals surface area contributed by atoms with Crippen LogP contribution in [0.1, 0.15) is 61.6 Å². The Bertz CT molecular complexity index is 1100. The molecule has 0 saturated carbocycles. The zero-order valence-corrected chi connectivity index (χ0v) is 21.2. The van der Waals surface area contributed by atoms with Crippen molar-refractivity contribution in [2.75, 3.05) is 33.4 Å². The Morgan fingerprint density at radius 1 is 0.857 bits per heavy atom. The van der Waals surface area contributed by atoms with E-state index in [1.807, 2.05) is 12.1 Å². The van der Waals surface area contributed by atoms with Gasteiger partial charge in [0.1, 0.15) is 29.5 Å². The molecule has 3 aromatic rings. The fourth-order valence-corrected chi connectivity index (χ4v) is 5.79. The molecule has 184 valence electrons. The summed E-state index contributed by atoms with van der Waals surface area (Å²) in [5.74, 6) is 2.96. The van der Waals surface area contributed by atoms with E-state index in [9.17, 15) is 0 Å². The second-order valence-corrected chi connectivity index (χ2v) is 10.3. The minimum Gasteiger partial charge on any atom is -0.497 e. The van der Waals surface area contributed by atoms with Gasteiger partial charge in [-0.2, -0.15) is 0 Å². The zero-order chi connectivity index (χ0) is 24.3. The molecule has 0 N–H and O–H groups in total. The molecule has 35 heavy (non-hydrogen) atoms. The molecule has 1 fully saturated rings. The van der Waals surface area contributed by atoms with E-state index in [-0.39, 0.29) is 11.8 Å². The van der Waals surface area contributed by atoms with Crippen molar-refractivity contribution in [2.24, 2.45) is 0 Å². The number of ether oxygens (including phenoxy) is 3. The summed E-state index contributed by atoms with van der Waals surface area (Å²) in [6, 6.07) is 25.7. The predicted octanol–water partition coefficient (Wildman–Crippen LogP) is 6.65. The maximum Gasteiger partial charge on any atom is 0.127 e. The average molecular weight is 472 g/mol. The number of fused-ring (bicyclic) bond motifs is 1. The Balaban J connectivity index is 1.43. The van der Waals surface area contributed by atoms with Crippen LogP contribution in [0.2, 0.25) is 0 Å². The molecule has 2 atom stereocenters. The summed E-state index contributed by atoms with van der Waals surface area (Å²) in [7, 11) is 1.70. The van der Waals surface area contributed by atoms with Gasteiger partial charge in [-0.05, 0) is 69.1 Å². The molecule has 4 nitrogen and oxygen atoms in total. The molecule has 2 aliphatic rings. The lowest BCUT2D eigenvalue weighted by atomic mass is 9.68. The van der Waals surface area contributed by atoms with Gasteiger partial charge in [0.05, 0.1) is 7.11 Å². The third-order valence-corrected chi connectivity index (χ3v) is 7.53. The highest BCUT2D eigenvalue weighted by atomic mass is 16.5. The Kier molecular flexibility index (Phi) is 7.01. The maximum atomic E-state index is 6.61. The van der Waals surface area contributed by atoms with E-state index in [2.05, 4.69) is 79.4 Å². The molecule has 0 radical (unpaired) electrons. The predicted molar refractivity (Wildman–Crippen MR) is 141 cm³/mol. The zero-order valence-electron chi connectivity index (χ0n) is 21.2. The monoisotopic (exact) mass is 471 g/mol. The van der Waals surface area contributed by atoms with Gasteiger partial charge < -0.3 is 14.2 Å². The number of hydrogen-bond donors (Lipinski definition) is 0. The van der Waals surface area contributed by atoms with Crippen molar-refractivity contribution in [3.05, 3.63) is 89.5 Å². The molecule has 3 aromatic carbocycles. The van der Waals surface area contributed by atoms with Crippen LogP contribution >= 0.6 is 0 Å². The van der Waals surface area contributed by atoms with Gasteiger partial charge in [-0.1, -0.05) is 55.0 Å². The molecule has 0 aliphatic carbocycles. The quantitative estimate of drug-likeness (QED) is 0.386. The van der Waals surface area contributed by atoms with Crippen molar-refractivity contribution >= 4 is 0 Å². The first-order chi connectivity index (χ1) is 17.0. The van der Waals surface area contributed by atoms with E-state index in [4.69, 9.17) is 14.2 Å². The lowest BCUT2D eigenvalue weighted by Crippen LogP contribution is -2.43. The van der Waals surface area contributed by atoms with Crippen LogP contribution in [-0.2, 0) is 0 Å². The number of nitrogens with zero attached hydrogens (tertiary/aromatic N) is 1. The highest BCUT2D eigenvalue weighted by molar-refractivity contribution is 5.52. The summed E-state index contributed by atoms with van der Waals surface area (Å²) in [6.45, 7) is 8.52. The van der Waals surface area contributed by atoms with Gasteiger partial charge in [-0.3, -0.25) is 4.90 Å². The van der Waals surface area contributed by atoms with Crippen molar-refractivity contribution in [3.8, 4) is 17.2 Å². The highest BCUT2D eigenvalue weighted by Gasteiger charge is 2.45. The van der Waals surface area contributed by atoms with Crippen LogP contribution in [0.25, 0.3) is 0 Å². The Morgan fingerprint density at radius 3 is 2.29 bits per heavy atom. The van der Waals surface area contributed by atoms with Crippen molar-refractivity contribution in [1.29, 1.82) is 0 Å². The Hall–Kier alpha value is -2.98. The summed E-state index contributed by atoms with van der Waals surface area (Å²) < 4.78 is 18.2. The van der Waals surface area contributed by atoms with Crippen LogP contribution in [0.4, 0.5) is 0 Å². The van der Waals surface area contributed by atoms with Gasteiger partial charge in [-0.15, -0.1) is 0 Å². The standard InChI is InChI=1S/C31H37NO3/c1-31(2)30(24-10-6-4-7-11-24)29(27-17-16-26(33-3)22-28(27)35-31)23-12-14-25(15-13-23)34-21-20-32-18-8-5-9-19-32/h4,6-7,10-17,22,29-30H,5,8-9,18-21H2,1-3H3/t29-,30+/m1/s1. The second kappa shape index (κ2) is 10.3. The molecule has 1 saturated heterocycles. The Morgan fingerprint density at radius 2 is 1.57 bits per heavy atom. The molecule has 0 unspecified atom stereocenters. The largest absolute Gasteiger partial charge is 0.497 e. The summed E-state index contributed by atoms with van der Waals surface area (Å²) in [5.41, 5.74) is 3.35. The summed E-state index contributed by atoms with van der Waals surface area (Å²) >= 11 is 0. The molecular weight excluding hydrogens is 434 g/mol. The smallest absolute Gasteiger partial charge is 0.127 e. The number of piperidine rings is 1. The van der Waals surface area contributed by atoms with Crippen molar-refractivity contribution in [2.45, 2.75) is 50.5 Å². The molecule has 2 heterocycles. The van der Waals surface area contributed by atoms with Gasteiger partial charge >= 0.3 is 0 Å². The van der Waals surface area contributed by atoms with E-state index < -0.39 is 5.60 Å². The third-order valence-electron chi connectivity index (χ3n) is 7.53. The first-order valence-electron chi connectivity index (χ1n) is 12.9. The number of likely N-dealkylation sites (tertiary alicyclic amines) is 1. The minimum atomic E-state index is -0.394. The number of rotatable bonds is 7. The van der Waals surface area contributed by atoms with Crippen LogP contribution in [0, 0.1) is 0 Å². The fourth-order valence-electron chi connectivity index (χ4n) is 5.79. The van der Waals surface area contributed by atoms with E-state index in [1.54, 1.807) is 7.11 Å². The summed E-state index contributed by atoms with van der Waals surface area (Å²) in [4.78, 5) is 2.51. The normalized spacial score (nSPS) is 21.6. The van der Waals surface area contributed by atoms with Crippen molar-refractivity contribution in [1.82, 2.24) is 4.90 Å². The van der Waals surface area contributed by atoms with E-state index in [0.717, 1.165) is 30.4 Å². The van der Waals surface area contributed by atoms with E-state index in [0.29, 0.717) is 0 Å². The lowest BCUT2D eigenvalue weighted by molar-refractivity contribution is 0.0528. The van der Waals surface area contributed by atoms with Crippen LogP contribution in [-0.4, -0.2) is 43.9 Å². The third kappa shape index (κ3) is 5.18. The van der Waals surface area contributed by atoms with Gasteiger partial charge in [0.15, 0.2) is 0 Å². The highest BCUT2D eigenvalue weighted by Crippen LogP contribution is 2.53. The lowest BCUT2D eigenvalue weighted by Gasteiger charge is -2.45. The molecule has 5 rings (SSSR count). The number of benzene rings is 3. The number of hydrogen-bond acceptors (Lipinski definition) is 4. The van der Waals surface area contributed by atoms with Crippen molar-refractivity contribution in [3.63, 3.8) is 0 Å². The first kappa shape index (κ1) is 23.7. The van der Waals surface area contributed by atoms with Crippen LogP contribution in [0.15, 0.2) is 72.8 Å². The molecule has 0 amide bonds. The van der Waals surface area contributed by atoms with Crippen molar-refractivity contribution < 1.29 is 14.2 Å². The number of methoxy groups -OCH3 is 1.